The van der Waals surface area contributed by atoms with Gasteiger partial charge >= 0.3 is 0 Å². The Morgan fingerprint density at radius 1 is 1.05 bits per heavy atom. The zero-order chi connectivity index (χ0) is 25.9. The summed E-state index contributed by atoms with van der Waals surface area (Å²) in [6, 6.07) is 21.0. The fraction of sp³-hybridized carbons (Fsp3) is 0.226. The number of fused-ring (bicyclic) bond motifs is 5. The number of likely N-dealkylation sites (N-methyl/N-ethyl adjacent to an activating group) is 1. The minimum atomic E-state index is -0.715. The number of nitrogens with one attached hydrogen (secondary N) is 2. The minimum Gasteiger partial charge on any atom is -0.497 e. The molecule has 2 amide bonds. The Morgan fingerprint density at radius 3 is 2.70 bits per heavy atom. The highest BCUT2D eigenvalue weighted by Gasteiger charge is 2.27. The highest BCUT2D eigenvalue weighted by Crippen LogP contribution is 2.26. The van der Waals surface area contributed by atoms with Gasteiger partial charge in [-0.25, -0.2) is 0 Å². The number of hydrogen-bond acceptors (Lipinski definition) is 3. The van der Waals surface area contributed by atoms with Crippen LogP contribution in [0.5, 0.6) is 5.75 Å². The first-order valence-electron chi connectivity index (χ1n) is 12.5. The summed E-state index contributed by atoms with van der Waals surface area (Å²) in [7, 11) is 3.37. The van der Waals surface area contributed by atoms with Crippen LogP contribution in [0.3, 0.4) is 0 Å². The maximum absolute atomic E-state index is 13.8. The van der Waals surface area contributed by atoms with Crippen molar-refractivity contribution in [3.8, 4) is 5.75 Å². The van der Waals surface area contributed by atoms with Gasteiger partial charge in [-0.1, -0.05) is 54.6 Å². The van der Waals surface area contributed by atoms with Crippen molar-refractivity contribution in [1.82, 2.24) is 10.3 Å². The van der Waals surface area contributed by atoms with E-state index in [4.69, 9.17) is 4.74 Å². The van der Waals surface area contributed by atoms with E-state index in [2.05, 4.69) is 28.5 Å². The van der Waals surface area contributed by atoms with Crippen molar-refractivity contribution < 1.29 is 14.3 Å². The second kappa shape index (κ2) is 10.3. The van der Waals surface area contributed by atoms with Gasteiger partial charge in [0.2, 0.25) is 11.8 Å². The lowest BCUT2D eigenvalue weighted by molar-refractivity contribution is -0.127. The van der Waals surface area contributed by atoms with Gasteiger partial charge in [-0.05, 0) is 53.4 Å². The Bertz CT molecular complexity index is 1500. The molecule has 1 unspecified atom stereocenters. The Hall–Kier alpha value is -4.32. The van der Waals surface area contributed by atoms with Gasteiger partial charge in [-0.3, -0.25) is 9.59 Å². The predicted octanol–water partition coefficient (Wildman–Crippen LogP) is 4.99. The van der Waals surface area contributed by atoms with E-state index in [1.165, 1.54) is 0 Å². The molecule has 4 aromatic rings. The Balaban J connectivity index is 1.51. The monoisotopic (exact) mass is 493 g/mol. The van der Waals surface area contributed by atoms with Crippen LogP contribution in [0, 0.1) is 6.92 Å². The average molecular weight is 494 g/mol. The van der Waals surface area contributed by atoms with Crippen molar-refractivity contribution in [2.75, 3.05) is 19.1 Å². The summed E-state index contributed by atoms with van der Waals surface area (Å²) in [6.07, 6.45) is 5.48. The summed E-state index contributed by atoms with van der Waals surface area (Å²) in [5.74, 6) is 0.386. The number of amides is 2. The van der Waals surface area contributed by atoms with E-state index in [-0.39, 0.29) is 18.2 Å². The summed E-state index contributed by atoms with van der Waals surface area (Å²) in [6.45, 7) is 1.94. The van der Waals surface area contributed by atoms with E-state index >= 15 is 0 Å². The molecule has 5 rings (SSSR count). The number of hydrogen-bond donors (Lipinski definition) is 2. The summed E-state index contributed by atoms with van der Waals surface area (Å²) >= 11 is 0. The van der Waals surface area contributed by atoms with Gasteiger partial charge in [-0.2, -0.15) is 0 Å². The summed E-state index contributed by atoms with van der Waals surface area (Å²) in [5, 5.41) is 4.10. The molecule has 6 nitrogen and oxygen atoms in total. The van der Waals surface area contributed by atoms with Crippen molar-refractivity contribution in [3.05, 3.63) is 101 Å². The number of aromatic amines is 1. The second-order valence-corrected chi connectivity index (χ2v) is 9.53. The van der Waals surface area contributed by atoms with Gasteiger partial charge in [0.25, 0.3) is 0 Å². The van der Waals surface area contributed by atoms with Gasteiger partial charge in [0, 0.05) is 42.2 Å². The molecule has 3 aromatic carbocycles. The van der Waals surface area contributed by atoms with Gasteiger partial charge in [0.1, 0.15) is 11.8 Å². The van der Waals surface area contributed by atoms with Gasteiger partial charge in [-0.15, -0.1) is 0 Å². The molecule has 0 aliphatic carbocycles. The molecule has 0 saturated carbocycles. The van der Waals surface area contributed by atoms with E-state index < -0.39 is 6.04 Å². The number of carbonyl (C=O) groups is 2. The van der Waals surface area contributed by atoms with Crippen LogP contribution in [0.4, 0.5) is 5.69 Å². The van der Waals surface area contributed by atoms with Crippen LogP contribution >= 0.6 is 0 Å². The van der Waals surface area contributed by atoms with Crippen LogP contribution in [0.15, 0.2) is 72.8 Å². The Morgan fingerprint density at radius 2 is 1.89 bits per heavy atom. The quantitative estimate of drug-likeness (QED) is 0.422. The summed E-state index contributed by atoms with van der Waals surface area (Å²) in [4.78, 5) is 32.3. The molecule has 0 spiro atoms. The lowest BCUT2D eigenvalue weighted by atomic mass is 10.0. The van der Waals surface area contributed by atoms with Crippen molar-refractivity contribution in [2.45, 2.75) is 32.2 Å². The standard InChI is InChI=1S/C31H31N3O3/c1-20-16-23(37-3)14-15-29(20)34(2)31(36)28-18-22-10-6-8-21(17-22)9-7-13-27-25(19-30(35)33-28)24-11-4-5-12-26(24)32-27/h4-12,14-17,28,32H,13,18-19H2,1-3H3,(H,33,35)/b9-7+. The topological polar surface area (TPSA) is 74.4 Å². The number of anilines is 1. The van der Waals surface area contributed by atoms with E-state index in [0.29, 0.717) is 12.8 Å². The van der Waals surface area contributed by atoms with Crippen molar-refractivity contribution >= 4 is 34.5 Å². The number of rotatable bonds is 3. The number of carbonyl (C=O) groups excluding carboxylic acids is 2. The maximum Gasteiger partial charge on any atom is 0.249 e. The molecule has 2 N–H and O–H groups in total. The van der Waals surface area contributed by atoms with Crippen LogP contribution in [-0.2, 0) is 28.9 Å². The van der Waals surface area contributed by atoms with Crippen LogP contribution in [0.1, 0.15) is 27.9 Å². The fourth-order valence-electron chi connectivity index (χ4n) is 5.09. The average Bonchev–Trinajstić information content (AvgIpc) is 3.24. The summed E-state index contributed by atoms with van der Waals surface area (Å²) in [5.41, 5.74) is 6.73. The molecule has 0 saturated heterocycles. The first-order valence-corrected chi connectivity index (χ1v) is 12.5. The van der Waals surface area contributed by atoms with Crippen LogP contribution in [0.25, 0.3) is 17.0 Å². The fourth-order valence-corrected chi connectivity index (χ4v) is 5.09. The first-order chi connectivity index (χ1) is 17.9. The van der Waals surface area contributed by atoms with E-state index in [0.717, 1.165) is 50.3 Å². The number of aryl methyl sites for hydroxylation is 1. The number of para-hydroxylation sites is 1. The normalized spacial score (nSPS) is 16.5. The van der Waals surface area contributed by atoms with Crippen LogP contribution in [0.2, 0.25) is 0 Å². The third-order valence-corrected chi connectivity index (χ3v) is 6.99. The number of methoxy groups -OCH3 is 1. The molecule has 2 heterocycles. The lowest BCUT2D eigenvalue weighted by Crippen LogP contribution is -2.49. The minimum absolute atomic E-state index is 0.170. The molecule has 1 aliphatic rings. The van der Waals surface area contributed by atoms with Crippen molar-refractivity contribution in [2.24, 2.45) is 0 Å². The molecular weight excluding hydrogens is 462 g/mol. The number of ether oxygens (including phenoxy) is 1. The second-order valence-electron chi connectivity index (χ2n) is 9.53. The molecule has 188 valence electrons. The number of benzene rings is 3. The first kappa shape index (κ1) is 24.4. The highest BCUT2D eigenvalue weighted by atomic mass is 16.5. The predicted molar refractivity (Wildman–Crippen MR) is 148 cm³/mol. The molecule has 0 radical (unpaired) electrons. The largest absolute Gasteiger partial charge is 0.497 e. The molecule has 2 bridgehead atoms. The molecule has 1 aliphatic heterocycles. The van der Waals surface area contributed by atoms with Gasteiger partial charge < -0.3 is 19.9 Å². The number of aromatic nitrogens is 1. The smallest absolute Gasteiger partial charge is 0.249 e. The zero-order valence-corrected chi connectivity index (χ0v) is 21.4. The Kier molecular flexibility index (Phi) is 6.82. The zero-order valence-electron chi connectivity index (χ0n) is 21.4. The van der Waals surface area contributed by atoms with Crippen LogP contribution in [-0.4, -0.2) is 37.0 Å². The number of H-pyrrole nitrogens is 1. The molecule has 0 fully saturated rings. The lowest BCUT2D eigenvalue weighted by Gasteiger charge is -2.26. The molecule has 6 heteroatoms. The van der Waals surface area contributed by atoms with E-state index in [1.54, 1.807) is 19.1 Å². The number of allylic oxidation sites excluding steroid dienone is 1. The third-order valence-electron chi connectivity index (χ3n) is 6.99. The van der Waals surface area contributed by atoms with Gasteiger partial charge in [0.05, 0.1) is 13.5 Å². The van der Waals surface area contributed by atoms with Crippen LogP contribution < -0.4 is 15.0 Å². The van der Waals surface area contributed by atoms with E-state index in [9.17, 15) is 9.59 Å². The molecule has 1 atom stereocenters. The number of nitrogens with zero attached hydrogens (tertiary/aromatic N) is 1. The summed E-state index contributed by atoms with van der Waals surface area (Å²) < 4.78 is 5.32. The Labute approximate surface area is 217 Å². The van der Waals surface area contributed by atoms with Crippen molar-refractivity contribution in [3.63, 3.8) is 0 Å². The van der Waals surface area contributed by atoms with Crippen molar-refractivity contribution in [1.29, 1.82) is 0 Å². The van der Waals surface area contributed by atoms with Gasteiger partial charge in [0.15, 0.2) is 0 Å². The van der Waals surface area contributed by atoms with E-state index in [1.807, 2.05) is 67.6 Å². The molecule has 37 heavy (non-hydrogen) atoms. The molecular formula is C31H31N3O3. The highest BCUT2D eigenvalue weighted by molar-refractivity contribution is 6.00. The maximum atomic E-state index is 13.8. The SMILES string of the molecule is COc1ccc(N(C)C(=O)C2Cc3cccc(c3)/C=C/Cc3[nH]c4ccccc4c3CC(=O)N2)c(C)c1. The molecule has 1 aromatic heterocycles. The third kappa shape index (κ3) is 5.14.